The molecule has 1 aromatic rings. The van der Waals surface area contributed by atoms with E-state index in [0.29, 0.717) is 15.8 Å². The molecule has 1 aromatic carbocycles. The minimum atomic E-state index is -0.649. The molecule has 1 unspecified atom stereocenters. The second kappa shape index (κ2) is 5.75. The minimum Gasteiger partial charge on any atom is -0.482 e. The highest BCUT2D eigenvalue weighted by molar-refractivity contribution is 6.34. The molecule has 0 saturated carbocycles. The molecule has 1 heterocycles. The van der Waals surface area contributed by atoms with Crippen LogP contribution in [-0.4, -0.2) is 41.9 Å². The van der Waals surface area contributed by atoms with Gasteiger partial charge in [-0.05, 0) is 12.1 Å². The molecule has 1 aliphatic rings. The predicted octanol–water partition coefficient (Wildman–Crippen LogP) is 1.51. The number of halogens is 2. The van der Waals surface area contributed by atoms with Crippen LogP contribution >= 0.6 is 23.2 Å². The number of amides is 1. The Labute approximate surface area is 114 Å². The molecular formula is C11H11Cl2NO4. The van der Waals surface area contributed by atoms with Gasteiger partial charge in [0.25, 0.3) is 5.91 Å². The standard InChI is InChI=1S/C11H11Cl2NO4/c12-7-1-2-9(13)10(3-7)17-6-11(16)14-4-8(15)5-18-14/h1-3,8,15H,4-6H2. The molecule has 1 aliphatic heterocycles. The summed E-state index contributed by atoms with van der Waals surface area (Å²) in [6.45, 7) is 0.0297. The summed E-state index contributed by atoms with van der Waals surface area (Å²) in [6.07, 6.45) is -0.649. The highest BCUT2D eigenvalue weighted by Crippen LogP contribution is 2.27. The van der Waals surface area contributed by atoms with E-state index in [-0.39, 0.29) is 25.7 Å². The van der Waals surface area contributed by atoms with Crippen LogP contribution in [0.3, 0.4) is 0 Å². The topological polar surface area (TPSA) is 59.0 Å². The van der Waals surface area contributed by atoms with Crippen molar-refractivity contribution in [1.29, 1.82) is 0 Å². The third kappa shape index (κ3) is 3.26. The number of aliphatic hydroxyl groups is 1. The lowest BCUT2D eigenvalue weighted by Crippen LogP contribution is -2.32. The van der Waals surface area contributed by atoms with Gasteiger partial charge in [-0.3, -0.25) is 9.63 Å². The second-order valence-electron chi connectivity index (χ2n) is 3.77. The van der Waals surface area contributed by atoms with E-state index >= 15 is 0 Å². The summed E-state index contributed by atoms with van der Waals surface area (Å²) in [6, 6.07) is 4.73. The van der Waals surface area contributed by atoms with Gasteiger partial charge in [-0.15, -0.1) is 0 Å². The first kappa shape index (κ1) is 13.4. The molecule has 0 bridgehead atoms. The molecule has 1 N–H and O–H groups in total. The number of carbonyl (C=O) groups is 1. The summed E-state index contributed by atoms with van der Waals surface area (Å²) < 4.78 is 5.26. The maximum absolute atomic E-state index is 11.6. The number of carbonyl (C=O) groups excluding carboxylic acids is 1. The number of nitrogens with zero attached hydrogens (tertiary/aromatic N) is 1. The lowest BCUT2D eigenvalue weighted by Gasteiger charge is -2.14. The van der Waals surface area contributed by atoms with E-state index in [4.69, 9.17) is 32.8 Å². The van der Waals surface area contributed by atoms with Crippen molar-refractivity contribution < 1.29 is 19.5 Å². The first-order valence-corrected chi connectivity index (χ1v) is 6.01. The van der Waals surface area contributed by atoms with E-state index in [2.05, 4.69) is 0 Å². The zero-order chi connectivity index (χ0) is 13.1. The highest BCUT2D eigenvalue weighted by atomic mass is 35.5. The summed E-state index contributed by atoms with van der Waals surface area (Å²) in [7, 11) is 0. The predicted molar refractivity (Wildman–Crippen MR) is 65.6 cm³/mol. The lowest BCUT2D eigenvalue weighted by atomic mass is 10.3. The van der Waals surface area contributed by atoms with Gasteiger partial charge in [-0.1, -0.05) is 23.2 Å². The molecular weight excluding hydrogens is 281 g/mol. The Kier molecular flexibility index (Phi) is 4.29. The molecule has 0 radical (unpaired) electrons. The monoisotopic (exact) mass is 291 g/mol. The van der Waals surface area contributed by atoms with Crippen LogP contribution in [0.5, 0.6) is 5.75 Å². The van der Waals surface area contributed by atoms with E-state index < -0.39 is 6.10 Å². The van der Waals surface area contributed by atoms with Gasteiger partial charge >= 0.3 is 0 Å². The highest BCUT2D eigenvalue weighted by Gasteiger charge is 2.26. The Hall–Kier alpha value is -1.01. The third-order valence-corrected chi connectivity index (χ3v) is 2.87. The van der Waals surface area contributed by atoms with Gasteiger partial charge in [0, 0.05) is 11.1 Å². The van der Waals surface area contributed by atoms with Gasteiger partial charge in [0.15, 0.2) is 6.61 Å². The van der Waals surface area contributed by atoms with Gasteiger partial charge in [-0.2, -0.15) is 0 Å². The van der Waals surface area contributed by atoms with Gasteiger partial charge in [0.05, 0.1) is 11.6 Å². The van der Waals surface area contributed by atoms with Crippen molar-refractivity contribution in [2.45, 2.75) is 6.10 Å². The first-order chi connectivity index (χ1) is 8.56. The van der Waals surface area contributed by atoms with Crippen LogP contribution in [0.25, 0.3) is 0 Å². The van der Waals surface area contributed by atoms with Crippen LogP contribution in [0.1, 0.15) is 0 Å². The fraction of sp³-hybridized carbons (Fsp3) is 0.364. The van der Waals surface area contributed by atoms with Crippen LogP contribution in [0.2, 0.25) is 10.0 Å². The lowest BCUT2D eigenvalue weighted by molar-refractivity contribution is -0.170. The smallest absolute Gasteiger partial charge is 0.284 e. The molecule has 98 valence electrons. The van der Waals surface area contributed by atoms with Crippen molar-refractivity contribution >= 4 is 29.1 Å². The normalized spacial score (nSPS) is 19.1. The Morgan fingerprint density at radius 3 is 3.00 bits per heavy atom. The third-order valence-electron chi connectivity index (χ3n) is 2.32. The molecule has 0 spiro atoms. The summed E-state index contributed by atoms with van der Waals surface area (Å²) in [5, 5.41) is 11.1. The van der Waals surface area contributed by atoms with Crippen LogP contribution in [0.15, 0.2) is 18.2 Å². The average molecular weight is 292 g/mol. The van der Waals surface area contributed by atoms with E-state index in [1.165, 1.54) is 6.07 Å². The summed E-state index contributed by atoms with van der Waals surface area (Å²) >= 11 is 11.7. The van der Waals surface area contributed by atoms with E-state index in [0.717, 1.165) is 5.06 Å². The Balaban J connectivity index is 1.91. The number of hydroxylamine groups is 2. The molecule has 7 heteroatoms. The molecule has 18 heavy (non-hydrogen) atoms. The van der Waals surface area contributed by atoms with Crippen molar-refractivity contribution in [2.24, 2.45) is 0 Å². The number of β-amino-alcohol motifs (C(OH)–C–C–N with tert-alkyl or cyclic N) is 1. The number of ether oxygens (including phenoxy) is 1. The Morgan fingerprint density at radius 1 is 1.56 bits per heavy atom. The van der Waals surface area contributed by atoms with Crippen LogP contribution in [-0.2, 0) is 9.63 Å². The number of hydrogen-bond donors (Lipinski definition) is 1. The zero-order valence-corrected chi connectivity index (χ0v) is 10.8. The van der Waals surface area contributed by atoms with Crippen molar-refractivity contribution in [2.75, 3.05) is 19.8 Å². The van der Waals surface area contributed by atoms with Crippen molar-refractivity contribution in [1.82, 2.24) is 5.06 Å². The average Bonchev–Trinajstić information content (AvgIpc) is 2.77. The number of hydrogen-bond acceptors (Lipinski definition) is 4. The minimum absolute atomic E-state index is 0.115. The molecule has 0 aliphatic carbocycles. The number of benzene rings is 1. The summed E-state index contributed by atoms with van der Waals surface area (Å²) in [4.78, 5) is 16.6. The molecule has 0 aromatic heterocycles. The van der Waals surface area contributed by atoms with Gasteiger partial charge < -0.3 is 9.84 Å². The maximum atomic E-state index is 11.6. The molecule has 1 amide bonds. The molecule has 1 atom stereocenters. The van der Waals surface area contributed by atoms with Crippen molar-refractivity contribution in [3.63, 3.8) is 0 Å². The fourth-order valence-corrected chi connectivity index (χ4v) is 1.78. The van der Waals surface area contributed by atoms with Gasteiger partial charge in [0.1, 0.15) is 18.5 Å². The van der Waals surface area contributed by atoms with Gasteiger partial charge in [-0.25, -0.2) is 5.06 Å². The molecule has 1 fully saturated rings. The fourth-order valence-electron chi connectivity index (χ4n) is 1.45. The van der Waals surface area contributed by atoms with E-state index in [1.54, 1.807) is 12.1 Å². The quantitative estimate of drug-likeness (QED) is 0.917. The Morgan fingerprint density at radius 2 is 2.33 bits per heavy atom. The Bertz CT molecular complexity index is 455. The first-order valence-electron chi connectivity index (χ1n) is 5.25. The maximum Gasteiger partial charge on any atom is 0.284 e. The van der Waals surface area contributed by atoms with Crippen molar-refractivity contribution in [3.8, 4) is 5.75 Å². The zero-order valence-electron chi connectivity index (χ0n) is 9.31. The van der Waals surface area contributed by atoms with Crippen LogP contribution in [0.4, 0.5) is 0 Å². The number of rotatable bonds is 3. The SMILES string of the molecule is O=C(COc1cc(Cl)ccc1Cl)N1CC(O)CO1. The largest absolute Gasteiger partial charge is 0.482 e. The van der Waals surface area contributed by atoms with Crippen molar-refractivity contribution in [3.05, 3.63) is 28.2 Å². The van der Waals surface area contributed by atoms with E-state index in [9.17, 15) is 9.90 Å². The van der Waals surface area contributed by atoms with E-state index in [1.807, 2.05) is 0 Å². The molecule has 2 rings (SSSR count). The number of aliphatic hydroxyl groups excluding tert-OH is 1. The molecule has 5 nitrogen and oxygen atoms in total. The van der Waals surface area contributed by atoms with Gasteiger partial charge in [0.2, 0.25) is 0 Å². The summed E-state index contributed by atoms with van der Waals surface area (Å²) in [5.41, 5.74) is 0. The molecule has 1 saturated heterocycles. The second-order valence-corrected chi connectivity index (χ2v) is 4.61. The summed E-state index contributed by atoms with van der Waals surface area (Å²) in [5.74, 6) is -0.0557. The van der Waals surface area contributed by atoms with Crippen LogP contribution in [0, 0.1) is 0 Å². The van der Waals surface area contributed by atoms with Crippen LogP contribution < -0.4 is 4.74 Å².